The van der Waals surface area contributed by atoms with E-state index in [9.17, 15) is 14.4 Å². The molecule has 0 radical (unpaired) electrons. The molecule has 0 aliphatic rings. The standard InChI is InChI=1S/C17H25BrN2O4.C13H10O.CH4/c1-11(2)20-10-14-8-13(9-15(18)16(14)19)17(22)24-7-5-4-6-23-12(3)21;14-13(11-7-3-1-4-8-11)12-9-5-2-6-10-12;/h8-9,11,20H,4-7,10,19H2,1-3H3;1-10H;1H4. The van der Waals surface area contributed by atoms with Crippen LogP contribution in [0, 0.1) is 0 Å². The quantitative estimate of drug-likeness (QED) is 0.111. The summed E-state index contributed by atoms with van der Waals surface area (Å²) in [6.07, 6.45) is 1.29. The fraction of sp³-hybridized carbons (Fsp3) is 0.323. The van der Waals surface area contributed by atoms with Gasteiger partial charge in [-0.1, -0.05) is 81.9 Å². The van der Waals surface area contributed by atoms with Gasteiger partial charge in [0.05, 0.1) is 24.5 Å². The molecule has 0 aliphatic carbocycles. The predicted molar refractivity (Wildman–Crippen MR) is 160 cm³/mol. The maximum Gasteiger partial charge on any atom is 0.338 e. The van der Waals surface area contributed by atoms with Crippen molar-refractivity contribution in [3.05, 3.63) is 99.5 Å². The molecular weight excluding hydrogens is 560 g/mol. The smallest absolute Gasteiger partial charge is 0.338 e. The molecule has 3 aromatic rings. The largest absolute Gasteiger partial charge is 0.466 e. The topological polar surface area (TPSA) is 108 Å². The Morgan fingerprint density at radius 3 is 1.85 bits per heavy atom. The molecule has 39 heavy (non-hydrogen) atoms. The van der Waals surface area contributed by atoms with Gasteiger partial charge in [0, 0.05) is 35.1 Å². The van der Waals surface area contributed by atoms with Crippen molar-refractivity contribution >= 4 is 39.3 Å². The van der Waals surface area contributed by atoms with Gasteiger partial charge in [-0.3, -0.25) is 9.59 Å². The number of nitrogen functional groups attached to an aromatic ring is 1. The minimum atomic E-state index is -0.394. The summed E-state index contributed by atoms with van der Waals surface area (Å²) >= 11 is 3.38. The van der Waals surface area contributed by atoms with Gasteiger partial charge >= 0.3 is 11.9 Å². The lowest BCUT2D eigenvalue weighted by molar-refractivity contribution is -0.141. The molecule has 0 amide bonds. The first-order valence-corrected chi connectivity index (χ1v) is 13.2. The average molecular weight is 600 g/mol. The number of hydrogen-bond acceptors (Lipinski definition) is 7. The van der Waals surface area contributed by atoms with Crippen molar-refractivity contribution in [2.24, 2.45) is 0 Å². The predicted octanol–water partition coefficient (Wildman–Crippen LogP) is 6.58. The molecule has 0 saturated carbocycles. The molecule has 7 nitrogen and oxygen atoms in total. The zero-order valence-corrected chi connectivity index (χ0v) is 23.6. The van der Waals surface area contributed by atoms with Gasteiger partial charge in [0.15, 0.2) is 5.78 Å². The molecule has 0 aromatic heterocycles. The number of unbranched alkanes of at least 4 members (excludes halogenated alkanes) is 1. The van der Waals surface area contributed by atoms with Crippen LogP contribution in [0.25, 0.3) is 0 Å². The van der Waals surface area contributed by atoms with Gasteiger partial charge in [-0.15, -0.1) is 0 Å². The van der Waals surface area contributed by atoms with E-state index < -0.39 is 5.97 Å². The van der Waals surface area contributed by atoms with Crippen LogP contribution < -0.4 is 11.1 Å². The van der Waals surface area contributed by atoms with Crippen LogP contribution in [0.15, 0.2) is 77.3 Å². The minimum absolute atomic E-state index is 0. The Labute approximate surface area is 240 Å². The van der Waals surface area contributed by atoms with Gasteiger partial charge in [0.25, 0.3) is 0 Å². The summed E-state index contributed by atoms with van der Waals surface area (Å²) in [7, 11) is 0. The molecule has 210 valence electrons. The summed E-state index contributed by atoms with van der Waals surface area (Å²) in [5.74, 6) is -0.624. The van der Waals surface area contributed by atoms with Gasteiger partial charge in [-0.2, -0.15) is 0 Å². The third-order valence-electron chi connectivity index (χ3n) is 5.30. The zero-order chi connectivity index (χ0) is 27.9. The van der Waals surface area contributed by atoms with Gasteiger partial charge in [-0.05, 0) is 46.5 Å². The fourth-order valence-corrected chi connectivity index (χ4v) is 3.77. The lowest BCUT2D eigenvalue weighted by atomic mass is 10.0. The van der Waals surface area contributed by atoms with Crippen molar-refractivity contribution < 1.29 is 23.9 Å². The second-order valence-electron chi connectivity index (χ2n) is 8.81. The monoisotopic (exact) mass is 598 g/mol. The number of halogens is 1. The van der Waals surface area contributed by atoms with E-state index in [0.29, 0.717) is 47.8 Å². The summed E-state index contributed by atoms with van der Waals surface area (Å²) < 4.78 is 10.7. The maximum atomic E-state index is 12.1. The first-order valence-electron chi connectivity index (χ1n) is 12.5. The van der Waals surface area contributed by atoms with Gasteiger partial charge in [0.2, 0.25) is 0 Å². The summed E-state index contributed by atoms with van der Waals surface area (Å²) in [5.41, 5.74) is 9.42. The molecule has 0 bridgehead atoms. The number of carbonyl (C=O) groups is 3. The molecule has 0 spiro atoms. The zero-order valence-electron chi connectivity index (χ0n) is 22.0. The Morgan fingerprint density at radius 1 is 0.846 bits per heavy atom. The van der Waals surface area contributed by atoms with Gasteiger partial charge in [0.1, 0.15) is 0 Å². The molecule has 0 heterocycles. The van der Waals surface area contributed by atoms with Crippen LogP contribution in [0.2, 0.25) is 0 Å². The number of esters is 2. The summed E-state index contributed by atoms with van der Waals surface area (Å²) in [6.45, 7) is 6.64. The Bertz CT molecular complexity index is 1140. The lowest BCUT2D eigenvalue weighted by Gasteiger charge is -2.13. The van der Waals surface area contributed by atoms with E-state index in [4.69, 9.17) is 15.2 Å². The molecular formula is C31H39BrN2O5. The van der Waals surface area contributed by atoms with E-state index in [2.05, 4.69) is 21.2 Å². The van der Waals surface area contributed by atoms with Crippen LogP contribution in [0.3, 0.4) is 0 Å². The van der Waals surface area contributed by atoms with Crippen LogP contribution in [-0.4, -0.2) is 37.0 Å². The maximum absolute atomic E-state index is 12.1. The van der Waals surface area contributed by atoms with Crippen LogP contribution in [0.4, 0.5) is 5.69 Å². The van der Waals surface area contributed by atoms with E-state index in [1.54, 1.807) is 12.1 Å². The summed E-state index contributed by atoms with van der Waals surface area (Å²) in [5, 5.41) is 3.28. The molecule has 0 aliphatic heterocycles. The number of rotatable bonds is 11. The highest BCUT2D eigenvalue weighted by Crippen LogP contribution is 2.26. The summed E-state index contributed by atoms with van der Waals surface area (Å²) in [6, 6.07) is 22.3. The molecule has 8 heteroatoms. The first-order chi connectivity index (χ1) is 18.2. The van der Waals surface area contributed by atoms with E-state index in [1.165, 1.54) is 6.92 Å². The van der Waals surface area contributed by atoms with Crippen LogP contribution in [0.5, 0.6) is 0 Å². The third kappa shape index (κ3) is 12.3. The minimum Gasteiger partial charge on any atom is -0.466 e. The Hall–Kier alpha value is -3.49. The number of hydrogen-bond donors (Lipinski definition) is 2. The van der Waals surface area contributed by atoms with Crippen LogP contribution in [-0.2, 0) is 20.8 Å². The molecule has 0 saturated heterocycles. The molecule has 3 N–H and O–H groups in total. The highest BCUT2D eigenvalue weighted by Gasteiger charge is 2.13. The first kappa shape index (κ1) is 33.5. The highest BCUT2D eigenvalue weighted by atomic mass is 79.9. The van der Waals surface area contributed by atoms with E-state index in [1.807, 2.05) is 74.5 Å². The van der Waals surface area contributed by atoms with Crippen molar-refractivity contribution in [2.45, 2.75) is 53.6 Å². The molecule has 3 aromatic carbocycles. The third-order valence-corrected chi connectivity index (χ3v) is 5.96. The van der Waals surface area contributed by atoms with Crippen molar-refractivity contribution in [1.82, 2.24) is 5.32 Å². The number of ketones is 1. The number of ether oxygens (including phenoxy) is 2. The van der Waals surface area contributed by atoms with Crippen LogP contribution >= 0.6 is 15.9 Å². The number of nitrogens with two attached hydrogens (primary N) is 1. The van der Waals surface area contributed by atoms with Gasteiger partial charge in [-0.25, -0.2) is 4.79 Å². The lowest BCUT2D eigenvalue weighted by Crippen LogP contribution is -2.22. The number of anilines is 1. The van der Waals surface area contributed by atoms with Crippen molar-refractivity contribution in [2.75, 3.05) is 18.9 Å². The summed E-state index contributed by atoms with van der Waals surface area (Å²) in [4.78, 5) is 34.6. The highest BCUT2D eigenvalue weighted by molar-refractivity contribution is 9.10. The number of nitrogens with one attached hydrogen (secondary N) is 1. The van der Waals surface area contributed by atoms with Crippen molar-refractivity contribution in [3.8, 4) is 0 Å². The van der Waals surface area contributed by atoms with E-state index >= 15 is 0 Å². The van der Waals surface area contributed by atoms with Crippen molar-refractivity contribution in [1.29, 1.82) is 0 Å². The Morgan fingerprint density at radius 2 is 1.36 bits per heavy atom. The molecule has 0 fully saturated rings. The van der Waals surface area contributed by atoms with Crippen molar-refractivity contribution in [3.63, 3.8) is 0 Å². The van der Waals surface area contributed by atoms with E-state index in [-0.39, 0.29) is 25.8 Å². The number of benzene rings is 3. The average Bonchev–Trinajstić information content (AvgIpc) is 2.92. The second-order valence-corrected chi connectivity index (χ2v) is 9.67. The Kier molecular flexibility index (Phi) is 15.4. The molecule has 0 atom stereocenters. The fourth-order valence-electron chi connectivity index (χ4n) is 3.27. The Balaban J connectivity index is 0.000000429. The van der Waals surface area contributed by atoms with E-state index in [0.717, 1.165) is 16.7 Å². The molecule has 0 unspecified atom stereocenters. The molecule has 3 rings (SSSR count). The van der Waals surface area contributed by atoms with Crippen LogP contribution in [0.1, 0.15) is 72.9 Å². The number of carbonyl (C=O) groups excluding carboxylic acids is 3. The van der Waals surface area contributed by atoms with Gasteiger partial charge < -0.3 is 20.5 Å². The normalized spacial score (nSPS) is 10.1. The SMILES string of the molecule is C.CC(=O)OCCCCOC(=O)c1cc(Br)c(N)c(CNC(C)C)c1.O=C(c1ccccc1)c1ccccc1. The second kappa shape index (κ2) is 17.9.